The Morgan fingerprint density at radius 1 is 1.61 bits per heavy atom. The lowest BCUT2D eigenvalue weighted by Gasteiger charge is -2.36. The average molecular weight is 267 g/mol. The van der Waals surface area contributed by atoms with E-state index in [1.54, 1.807) is 18.9 Å². The first-order valence-corrected chi connectivity index (χ1v) is 6.86. The van der Waals surface area contributed by atoms with Crippen LogP contribution in [-0.4, -0.2) is 37.0 Å². The fourth-order valence-corrected chi connectivity index (χ4v) is 3.50. The molecule has 1 atom stereocenters. The highest BCUT2D eigenvalue weighted by molar-refractivity contribution is 7.99. The highest BCUT2D eigenvalue weighted by Crippen LogP contribution is 2.43. The molecule has 0 spiro atoms. The number of carbonyl (C=O) groups is 1. The summed E-state index contributed by atoms with van der Waals surface area (Å²) in [6.07, 6.45) is 0.871. The Bertz CT molecular complexity index is 436. The van der Waals surface area contributed by atoms with Crippen LogP contribution in [0.15, 0.2) is 23.1 Å². The van der Waals surface area contributed by atoms with E-state index in [9.17, 15) is 4.79 Å². The van der Waals surface area contributed by atoms with Gasteiger partial charge >= 0.3 is 5.97 Å². The first-order valence-electron chi connectivity index (χ1n) is 5.88. The number of rotatable bonds is 4. The molecule has 0 radical (unpaired) electrons. The molecule has 2 rings (SSSR count). The Morgan fingerprint density at radius 3 is 3.06 bits per heavy atom. The van der Waals surface area contributed by atoms with Crippen LogP contribution in [0.1, 0.15) is 12.8 Å². The molecule has 1 aromatic carbocycles. The van der Waals surface area contributed by atoms with Gasteiger partial charge in [0.15, 0.2) is 0 Å². The number of carboxylic acids is 1. The molecular weight excluding hydrogens is 250 g/mol. The topological polar surface area (TPSA) is 49.8 Å². The van der Waals surface area contributed by atoms with Crippen LogP contribution >= 0.6 is 11.8 Å². The van der Waals surface area contributed by atoms with E-state index in [1.807, 2.05) is 19.2 Å². The summed E-state index contributed by atoms with van der Waals surface area (Å²) in [6, 6.07) is 6.24. The molecule has 1 aliphatic rings. The predicted octanol–water partition coefficient (Wildman–Crippen LogP) is 2.47. The lowest BCUT2D eigenvalue weighted by Crippen LogP contribution is -2.37. The molecule has 0 aliphatic carbocycles. The van der Waals surface area contributed by atoms with Crippen LogP contribution in [0.5, 0.6) is 5.75 Å². The zero-order valence-corrected chi connectivity index (χ0v) is 11.4. The molecule has 1 aliphatic heterocycles. The lowest BCUT2D eigenvalue weighted by molar-refractivity contribution is -0.137. The predicted molar refractivity (Wildman–Crippen MR) is 72.8 cm³/mol. The minimum atomic E-state index is -0.737. The summed E-state index contributed by atoms with van der Waals surface area (Å²) in [7, 11) is 3.67. The van der Waals surface area contributed by atoms with Crippen molar-refractivity contribution < 1.29 is 14.6 Å². The van der Waals surface area contributed by atoms with Crippen molar-refractivity contribution in [3.63, 3.8) is 0 Å². The van der Waals surface area contributed by atoms with Gasteiger partial charge in [0.1, 0.15) is 5.75 Å². The molecular formula is C13H17NO3S. The summed E-state index contributed by atoms with van der Waals surface area (Å²) in [5.41, 5.74) is 1.08. The van der Waals surface area contributed by atoms with Gasteiger partial charge in [0.05, 0.1) is 12.8 Å². The van der Waals surface area contributed by atoms with Crippen LogP contribution < -0.4 is 9.64 Å². The molecule has 1 N–H and O–H groups in total. The molecule has 0 fully saturated rings. The number of para-hydroxylation sites is 1. The van der Waals surface area contributed by atoms with Crippen molar-refractivity contribution in [2.24, 2.45) is 0 Å². The van der Waals surface area contributed by atoms with E-state index < -0.39 is 5.97 Å². The number of hydrogen-bond donors (Lipinski definition) is 1. The van der Waals surface area contributed by atoms with Crippen LogP contribution in [0.4, 0.5) is 5.69 Å². The van der Waals surface area contributed by atoms with Gasteiger partial charge in [-0.25, -0.2) is 0 Å². The van der Waals surface area contributed by atoms with Gasteiger partial charge in [0.25, 0.3) is 0 Å². The van der Waals surface area contributed by atoms with E-state index in [0.29, 0.717) is 6.42 Å². The second kappa shape index (κ2) is 5.52. The second-order valence-corrected chi connectivity index (χ2v) is 5.38. The lowest BCUT2D eigenvalue weighted by atomic mass is 10.1. The van der Waals surface area contributed by atoms with Crippen molar-refractivity contribution >= 4 is 23.4 Å². The van der Waals surface area contributed by atoms with Crippen molar-refractivity contribution in [1.29, 1.82) is 0 Å². The van der Waals surface area contributed by atoms with E-state index in [0.717, 1.165) is 17.2 Å². The molecule has 0 bridgehead atoms. The number of fused-ring (bicyclic) bond motifs is 1. The number of thioether (sulfide) groups is 1. The Morgan fingerprint density at radius 2 is 2.39 bits per heavy atom. The molecule has 1 heterocycles. The molecule has 0 aromatic heterocycles. The third-order valence-corrected chi connectivity index (χ3v) is 4.40. The number of methoxy groups -OCH3 is 1. The smallest absolute Gasteiger partial charge is 0.303 e. The summed E-state index contributed by atoms with van der Waals surface area (Å²) >= 11 is 1.77. The second-order valence-electron chi connectivity index (χ2n) is 4.32. The van der Waals surface area contributed by atoms with Gasteiger partial charge in [-0.15, -0.1) is 11.8 Å². The third kappa shape index (κ3) is 2.56. The molecule has 98 valence electrons. The summed E-state index contributed by atoms with van der Waals surface area (Å²) in [5.74, 6) is 1.03. The number of nitrogens with zero attached hydrogens (tertiary/aromatic N) is 1. The van der Waals surface area contributed by atoms with Gasteiger partial charge in [-0.3, -0.25) is 4.79 Å². The summed E-state index contributed by atoms with van der Waals surface area (Å²) in [5, 5.41) is 8.78. The fraction of sp³-hybridized carbons (Fsp3) is 0.462. The zero-order valence-electron chi connectivity index (χ0n) is 10.5. The van der Waals surface area contributed by atoms with Crippen LogP contribution in [0.3, 0.4) is 0 Å². The van der Waals surface area contributed by atoms with Crippen molar-refractivity contribution in [3.8, 4) is 5.75 Å². The first kappa shape index (κ1) is 13.1. The van der Waals surface area contributed by atoms with E-state index in [2.05, 4.69) is 11.0 Å². The Kier molecular flexibility index (Phi) is 4.01. The minimum Gasteiger partial charge on any atom is -0.495 e. The average Bonchev–Trinajstić information content (AvgIpc) is 2.37. The zero-order chi connectivity index (χ0) is 13.1. The van der Waals surface area contributed by atoms with Gasteiger partial charge in [0.2, 0.25) is 0 Å². The highest BCUT2D eigenvalue weighted by Gasteiger charge is 2.26. The molecule has 18 heavy (non-hydrogen) atoms. The van der Waals surface area contributed by atoms with Gasteiger partial charge in [-0.05, 0) is 18.6 Å². The van der Waals surface area contributed by atoms with Gasteiger partial charge in [-0.2, -0.15) is 0 Å². The van der Waals surface area contributed by atoms with E-state index in [1.165, 1.54) is 4.90 Å². The highest BCUT2D eigenvalue weighted by atomic mass is 32.2. The molecule has 5 heteroatoms. The van der Waals surface area contributed by atoms with Crippen LogP contribution in [0.25, 0.3) is 0 Å². The molecule has 0 saturated heterocycles. The van der Waals surface area contributed by atoms with Crippen molar-refractivity contribution in [3.05, 3.63) is 18.2 Å². The summed E-state index contributed by atoms with van der Waals surface area (Å²) < 4.78 is 5.39. The number of benzene rings is 1. The number of anilines is 1. The monoisotopic (exact) mass is 267 g/mol. The quantitative estimate of drug-likeness (QED) is 0.908. The normalized spacial score (nSPS) is 18.3. The molecule has 0 amide bonds. The minimum absolute atomic E-state index is 0.208. The number of hydrogen-bond acceptors (Lipinski definition) is 4. The maximum atomic E-state index is 10.7. The number of carboxylic acid groups (broad SMARTS) is 1. The summed E-state index contributed by atoms with van der Waals surface area (Å²) in [6.45, 7) is 0. The van der Waals surface area contributed by atoms with E-state index in [-0.39, 0.29) is 12.5 Å². The van der Waals surface area contributed by atoms with Crippen LogP contribution in [0.2, 0.25) is 0 Å². The van der Waals surface area contributed by atoms with Crippen LogP contribution in [-0.2, 0) is 4.79 Å². The SMILES string of the molecule is COc1cccc2c1N(C)C(CCC(=O)O)CS2. The van der Waals surface area contributed by atoms with Gasteiger partial charge < -0.3 is 14.7 Å². The van der Waals surface area contributed by atoms with Gasteiger partial charge in [0, 0.05) is 30.2 Å². The van der Waals surface area contributed by atoms with Crippen molar-refractivity contribution in [1.82, 2.24) is 0 Å². The molecule has 0 saturated carbocycles. The molecule has 4 nitrogen and oxygen atoms in total. The molecule has 1 aromatic rings. The Hall–Kier alpha value is -1.36. The van der Waals surface area contributed by atoms with Crippen molar-refractivity contribution in [2.75, 3.05) is 24.8 Å². The third-order valence-electron chi connectivity index (χ3n) is 3.20. The maximum Gasteiger partial charge on any atom is 0.303 e. The number of ether oxygens (including phenoxy) is 1. The Labute approximate surface area is 111 Å². The van der Waals surface area contributed by atoms with E-state index in [4.69, 9.17) is 9.84 Å². The maximum absolute atomic E-state index is 10.7. The Balaban J connectivity index is 2.21. The van der Waals surface area contributed by atoms with E-state index >= 15 is 0 Å². The number of aliphatic carboxylic acids is 1. The molecule has 1 unspecified atom stereocenters. The summed E-state index contributed by atoms with van der Waals surface area (Å²) in [4.78, 5) is 14.0. The largest absolute Gasteiger partial charge is 0.495 e. The van der Waals surface area contributed by atoms with Crippen molar-refractivity contribution in [2.45, 2.75) is 23.8 Å². The fourth-order valence-electron chi connectivity index (χ4n) is 2.18. The first-order chi connectivity index (χ1) is 8.63. The van der Waals surface area contributed by atoms with Crippen LogP contribution in [0, 0.1) is 0 Å². The van der Waals surface area contributed by atoms with Gasteiger partial charge in [-0.1, -0.05) is 6.07 Å². The standard InChI is InChI=1S/C13H17NO3S/c1-14-9(6-7-12(15)16)8-18-11-5-3-4-10(17-2)13(11)14/h3-5,9H,6-8H2,1-2H3,(H,15,16).